The molecule has 2 unspecified atom stereocenters. The Bertz CT molecular complexity index is 467. The lowest BCUT2D eigenvalue weighted by Crippen LogP contribution is -2.48. The van der Waals surface area contributed by atoms with Crippen molar-refractivity contribution in [3.8, 4) is 0 Å². The van der Waals surface area contributed by atoms with E-state index in [1.807, 2.05) is 30.4 Å². The minimum absolute atomic E-state index is 0.0451. The van der Waals surface area contributed by atoms with E-state index in [-0.39, 0.29) is 24.7 Å². The van der Waals surface area contributed by atoms with Crippen molar-refractivity contribution in [2.45, 2.75) is 37.8 Å². The van der Waals surface area contributed by atoms with E-state index in [4.69, 9.17) is 9.84 Å². The van der Waals surface area contributed by atoms with Gasteiger partial charge in [-0.05, 0) is 13.8 Å². The highest BCUT2D eigenvalue weighted by Crippen LogP contribution is 2.19. The van der Waals surface area contributed by atoms with Gasteiger partial charge in [0.15, 0.2) is 5.16 Å². The monoisotopic (exact) mass is 299 g/mol. The molecule has 6 nitrogen and oxygen atoms in total. The molecular weight excluding hydrogens is 278 g/mol. The number of thioether (sulfide) groups is 1. The second kappa shape index (κ2) is 6.60. The highest BCUT2D eigenvalue weighted by Gasteiger charge is 2.25. The SMILES string of the molecule is CC1CN(C(=O)CSc2ncc(CO)n2C)CC(C)O1. The molecule has 0 saturated carbocycles. The minimum Gasteiger partial charge on any atom is -0.390 e. The lowest BCUT2D eigenvalue weighted by molar-refractivity contribution is -0.140. The van der Waals surface area contributed by atoms with Crippen molar-refractivity contribution >= 4 is 17.7 Å². The minimum atomic E-state index is -0.0451. The summed E-state index contributed by atoms with van der Waals surface area (Å²) >= 11 is 1.40. The van der Waals surface area contributed by atoms with Gasteiger partial charge in [0.1, 0.15) is 0 Å². The third-order valence-electron chi connectivity index (χ3n) is 3.30. The maximum Gasteiger partial charge on any atom is 0.233 e. The van der Waals surface area contributed by atoms with E-state index >= 15 is 0 Å². The van der Waals surface area contributed by atoms with Crippen LogP contribution in [-0.2, 0) is 23.2 Å². The number of ether oxygens (including phenoxy) is 1. The van der Waals surface area contributed by atoms with Crippen LogP contribution in [0.15, 0.2) is 11.4 Å². The Morgan fingerprint density at radius 2 is 2.15 bits per heavy atom. The average molecular weight is 299 g/mol. The molecule has 7 heteroatoms. The van der Waals surface area contributed by atoms with Crippen molar-refractivity contribution in [3.05, 3.63) is 11.9 Å². The molecular formula is C13H21N3O3S. The zero-order chi connectivity index (χ0) is 14.7. The molecule has 1 aromatic rings. The van der Waals surface area contributed by atoms with Gasteiger partial charge in [-0.2, -0.15) is 0 Å². The first-order valence-corrected chi connectivity index (χ1v) is 7.67. The maximum absolute atomic E-state index is 12.2. The van der Waals surface area contributed by atoms with Crippen molar-refractivity contribution in [1.29, 1.82) is 0 Å². The molecule has 1 N–H and O–H groups in total. The Morgan fingerprint density at radius 1 is 1.50 bits per heavy atom. The van der Waals surface area contributed by atoms with Gasteiger partial charge in [-0.15, -0.1) is 0 Å². The van der Waals surface area contributed by atoms with Gasteiger partial charge in [0.25, 0.3) is 0 Å². The Labute approximate surface area is 123 Å². The largest absolute Gasteiger partial charge is 0.390 e. The molecule has 0 spiro atoms. The number of hydrogen-bond acceptors (Lipinski definition) is 5. The molecule has 0 aliphatic carbocycles. The topological polar surface area (TPSA) is 67.6 Å². The summed E-state index contributed by atoms with van der Waals surface area (Å²) in [4.78, 5) is 18.3. The molecule has 1 fully saturated rings. The summed E-state index contributed by atoms with van der Waals surface area (Å²) in [6.07, 6.45) is 1.80. The first kappa shape index (κ1) is 15.3. The molecule has 2 atom stereocenters. The second-order valence-corrected chi connectivity index (χ2v) is 6.04. The zero-order valence-electron chi connectivity index (χ0n) is 12.1. The van der Waals surface area contributed by atoms with E-state index in [9.17, 15) is 4.79 Å². The molecule has 1 aliphatic heterocycles. The van der Waals surface area contributed by atoms with Crippen LogP contribution in [0.3, 0.4) is 0 Å². The Kier molecular flexibility index (Phi) is 5.06. The van der Waals surface area contributed by atoms with Gasteiger partial charge >= 0.3 is 0 Å². The van der Waals surface area contributed by atoms with Crippen LogP contribution >= 0.6 is 11.8 Å². The molecule has 2 rings (SSSR count). The quantitative estimate of drug-likeness (QED) is 0.827. The number of aliphatic hydroxyl groups is 1. The van der Waals surface area contributed by atoms with E-state index < -0.39 is 0 Å². The van der Waals surface area contributed by atoms with Crippen molar-refractivity contribution in [1.82, 2.24) is 14.5 Å². The third kappa shape index (κ3) is 3.53. The first-order chi connectivity index (χ1) is 9.51. The molecule has 112 valence electrons. The molecule has 1 aliphatic rings. The number of imidazole rings is 1. The first-order valence-electron chi connectivity index (χ1n) is 6.68. The van der Waals surface area contributed by atoms with Crippen molar-refractivity contribution < 1.29 is 14.6 Å². The number of morpholine rings is 1. The van der Waals surface area contributed by atoms with E-state index in [0.717, 1.165) is 10.9 Å². The van der Waals surface area contributed by atoms with E-state index in [2.05, 4.69) is 4.98 Å². The zero-order valence-corrected chi connectivity index (χ0v) is 12.9. The summed E-state index contributed by atoms with van der Waals surface area (Å²) in [6.45, 7) is 5.21. The van der Waals surface area contributed by atoms with Crippen molar-refractivity contribution in [3.63, 3.8) is 0 Å². The van der Waals surface area contributed by atoms with Gasteiger partial charge in [-0.25, -0.2) is 4.98 Å². The summed E-state index contributed by atoms with van der Waals surface area (Å²) in [5, 5.41) is 9.86. The van der Waals surface area contributed by atoms with Gasteiger partial charge in [0, 0.05) is 20.1 Å². The number of aromatic nitrogens is 2. The number of carbonyl (C=O) groups excluding carboxylic acids is 1. The summed E-state index contributed by atoms with van der Waals surface area (Å²) in [6, 6.07) is 0. The van der Waals surface area contributed by atoms with Crippen molar-refractivity contribution in [2.75, 3.05) is 18.8 Å². The molecule has 2 heterocycles. The fourth-order valence-corrected chi connectivity index (χ4v) is 3.18. The second-order valence-electron chi connectivity index (χ2n) is 5.09. The summed E-state index contributed by atoms with van der Waals surface area (Å²) in [5.41, 5.74) is 0.744. The van der Waals surface area contributed by atoms with Crippen LogP contribution in [-0.4, -0.2) is 56.5 Å². The highest BCUT2D eigenvalue weighted by atomic mass is 32.2. The average Bonchev–Trinajstić information content (AvgIpc) is 2.75. The number of hydrogen-bond donors (Lipinski definition) is 1. The molecule has 0 radical (unpaired) electrons. The maximum atomic E-state index is 12.2. The molecule has 1 amide bonds. The molecule has 20 heavy (non-hydrogen) atoms. The van der Waals surface area contributed by atoms with Gasteiger partial charge in [-0.1, -0.05) is 11.8 Å². The van der Waals surface area contributed by atoms with Crippen LogP contribution in [0.25, 0.3) is 0 Å². The normalized spacial score (nSPS) is 23.1. The Morgan fingerprint density at radius 3 is 2.70 bits per heavy atom. The van der Waals surface area contributed by atoms with Gasteiger partial charge in [-0.3, -0.25) is 4.79 Å². The van der Waals surface area contributed by atoms with Gasteiger partial charge < -0.3 is 19.3 Å². The highest BCUT2D eigenvalue weighted by molar-refractivity contribution is 7.99. The fraction of sp³-hybridized carbons (Fsp3) is 0.692. The number of nitrogens with zero attached hydrogens (tertiary/aromatic N) is 3. The molecule has 1 aromatic heterocycles. The third-order valence-corrected chi connectivity index (χ3v) is 4.33. The number of amides is 1. The smallest absolute Gasteiger partial charge is 0.233 e. The summed E-state index contributed by atoms with van der Waals surface area (Å²) in [5.74, 6) is 0.459. The number of carbonyl (C=O) groups is 1. The number of aliphatic hydroxyl groups excluding tert-OH is 1. The van der Waals surface area contributed by atoms with Gasteiger partial charge in [0.2, 0.25) is 5.91 Å². The van der Waals surface area contributed by atoms with Crippen LogP contribution in [0.4, 0.5) is 0 Å². The van der Waals surface area contributed by atoms with E-state index in [1.165, 1.54) is 11.8 Å². The number of rotatable bonds is 4. The van der Waals surface area contributed by atoms with Gasteiger partial charge in [0.05, 0.1) is 36.5 Å². The standard InChI is InChI=1S/C13H21N3O3S/c1-9-5-16(6-10(2)19-9)12(18)8-20-13-14-4-11(7-17)15(13)3/h4,9-10,17H,5-8H2,1-3H3. The van der Waals surface area contributed by atoms with E-state index in [1.54, 1.807) is 6.20 Å². The van der Waals surface area contributed by atoms with Crippen LogP contribution in [0.1, 0.15) is 19.5 Å². The predicted molar refractivity (Wildman–Crippen MR) is 76.4 cm³/mol. The van der Waals surface area contributed by atoms with Crippen LogP contribution in [0.5, 0.6) is 0 Å². The van der Waals surface area contributed by atoms with Crippen molar-refractivity contribution in [2.24, 2.45) is 7.05 Å². The van der Waals surface area contributed by atoms with Crippen LogP contribution in [0, 0.1) is 0 Å². The summed E-state index contributed by atoms with van der Waals surface area (Å²) in [7, 11) is 1.84. The molecule has 0 bridgehead atoms. The predicted octanol–water partition coefficient (Wildman–Crippen LogP) is 0.640. The Hall–Kier alpha value is -1.05. The fourth-order valence-electron chi connectivity index (χ4n) is 2.31. The lowest BCUT2D eigenvalue weighted by atomic mass is 10.2. The van der Waals surface area contributed by atoms with Crippen LogP contribution < -0.4 is 0 Å². The Balaban J connectivity index is 1.90. The lowest BCUT2D eigenvalue weighted by Gasteiger charge is -2.35. The van der Waals surface area contributed by atoms with Crippen LogP contribution in [0.2, 0.25) is 0 Å². The molecule has 0 aromatic carbocycles. The van der Waals surface area contributed by atoms with E-state index in [0.29, 0.717) is 18.8 Å². The summed E-state index contributed by atoms with van der Waals surface area (Å²) < 4.78 is 7.43. The molecule has 1 saturated heterocycles.